The lowest BCUT2D eigenvalue weighted by Gasteiger charge is -2.37. The Balaban J connectivity index is 2.85. The van der Waals surface area contributed by atoms with Crippen molar-refractivity contribution in [2.45, 2.75) is 58.9 Å². The van der Waals surface area contributed by atoms with Crippen molar-refractivity contribution in [3.05, 3.63) is 0 Å². The third-order valence-electron chi connectivity index (χ3n) is 4.18. The summed E-state index contributed by atoms with van der Waals surface area (Å²) in [5.74, 6) is 0.0866. The van der Waals surface area contributed by atoms with Gasteiger partial charge in [-0.1, -0.05) is 20.3 Å². The van der Waals surface area contributed by atoms with Gasteiger partial charge >= 0.3 is 0 Å². The number of nitrogens with zero attached hydrogens (tertiary/aromatic N) is 2. The van der Waals surface area contributed by atoms with Crippen LogP contribution in [0.3, 0.4) is 0 Å². The molecule has 1 aliphatic heterocycles. The Hall–Kier alpha value is -0.170. The van der Waals surface area contributed by atoms with Gasteiger partial charge in [-0.3, -0.25) is 0 Å². The van der Waals surface area contributed by atoms with Gasteiger partial charge in [0.15, 0.2) is 0 Å². The fraction of sp³-hybridized carbons (Fsp3) is 1.00. The smallest absolute Gasteiger partial charge is 0.282 e. The normalized spacial score (nSPS) is 23.1. The number of hydrogen-bond donors (Lipinski definition) is 1. The maximum absolute atomic E-state index is 12.8. The van der Waals surface area contributed by atoms with Crippen molar-refractivity contribution in [3.8, 4) is 0 Å². The van der Waals surface area contributed by atoms with Gasteiger partial charge in [-0.2, -0.15) is 17.0 Å². The maximum Gasteiger partial charge on any atom is 0.282 e. The molecule has 0 aromatic heterocycles. The van der Waals surface area contributed by atoms with E-state index in [0.29, 0.717) is 19.6 Å². The molecule has 0 amide bonds. The number of aliphatic hydroxyl groups is 1. The Bertz CT molecular complexity index is 373. The largest absolute Gasteiger partial charge is 0.396 e. The number of hydrogen-bond acceptors (Lipinski definition) is 3. The van der Waals surface area contributed by atoms with Crippen LogP contribution in [-0.4, -0.2) is 54.4 Å². The van der Waals surface area contributed by atoms with E-state index in [-0.39, 0.29) is 18.6 Å². The van der Waals surface area contributed by atoms with Crippen LogP contribution >= 0.6 is 0 Å². The van der Waals surface area contributed by atoms with E-state index >= 15 is 0 Å². The Morgan fingerprint density at radius 1 is 1.40 bits per heavy atom. The Labute approximate surface area is 124 Å². The second-order valence-electron chi connectivity index (χ2n) is 5.78. The molecule has 0 saturated carbocycles. The molecule has 1 heterocycles. The molecule has 2 unspecified atom stereocenters. The van der Waals surface area contributed by atoms with Crippen LogP contribution in [0, 0.1) is 5.92 Å². The highest BCUT2D eigenvalue weighted by Crippen LogP contribution is 2.23. The van der Waals surface area contributed by atoms with Gasteiger partial charge in [0.25, 0.3) is 10.2 Å². The summed E-state index contributed by atoms with van der Waals surface area (Å²) in [5.41, 5.74) is 0. The van der Waals surface area contributed by atoms with E-state index in [2.05, 4.69) is 6.92 Å². The molecule has 0 bridgehead atoms. The fourth-order valence-electron chi connectivity index (χ4n) is 2.61. The molecule has 1 N–H and O–H groups in total. The second-order valence-corrected chi connectivity index (χ2v) is 7.66. The van der Waals surface area contributed by atoms with E-state index < -0.39 is 10.2 Å². The van der Waals surface area contributed by atoms with Gasteiger partial charge in [0.1, 0.15) is 0 Å². The molecular formula is C14H30N2O3S. The monoisotopic (exact) mass is 306 g/mol. The molecule has 1 aliphatic rings. The average molecular weight is 306 g/mol. The minimum absolute atomic E-state index is 0.0288. The molecule has 0 spiro atoms. The van der Waals surface area contributed by atoms with E-state index in [9.17, 15) is 13.5 Å². The lowest BCUT2D eigenvalue weighted by Crippen LogP contribution is -2.51. The van der Waals surface area contributed by atoms with Gasteiger partial charge in [-0.15, -0.1) is 0 Å². The fourth-order valence-corrected chi connectivity index (χ4v) is 4.63. The summed E-state index contributed by atoms with van der Waals surface area (Å²) in [7, 11) is -3.40. The number of rotatable bonds is 8. The first-order valence-corrected chi connectivity index (χ1v) is 9.24. The van der Waals surface area contributed by atoms with Gasteiger partial charge in [0.05, 0.1) is 0 Å². The number of piperidine rings is 1. The van der Waals surface area contributed by atoms with Gasteiger partial charge in [-0.05, 0) is 38.5 Å². The summed E-state index contributed by atoms with van der Waals surface area (Å²) >= 11 is 0. The van der Waals surface area contributed by atoms with Crippen LogP contribution in [0.15, 0.2) is 0 Å². The molecule has 2 atom stereocenters. The van der Waals surface area contributed by atoms with Crippen LogP contribution < -0.4 is 0 Å². The van der Waals surface area contributed by atoms with Gasteiger partial charge in [0.2, 0.25) is 0 Å². The summed E-state index contributed by atoms with van der Waals surface area (Å²) < 4.78 is 28.9. The number of unbranched alkanes of at least 4 members (excludes halogenated alkanes) is 1. The highest BCUT2D eigenvalue weighted by atomic mass is 32.2. The zero-order valence-electron chi connectivity index (χ0n) is 13.1. The topological polar surface area (TPSA) is 60.9 Å². The Morgan fingerprint density at radius 2 is 2.10 bits per heavy atom. The molecule has 1 saturated heterocycles. The predicted molar refractivity (Wildman–Crippen MR) is 81.7 cm³/mol. The molecule has 0 radical (unpaired) electrons. The molecular weight excluding hydrogens is 276 g/mol. The van der Waals surface area contributed by atoms with E-state index in [1.165, 1.54) is 0 Å². The first kappa shape index (κ1) is 17.9. The molecule has 20 heavy (non-hydrogen) atoms. The number of aliphatic hydroxyl groups excluding tert-OH is 1. The minimum atomic E-state index is -3.40. The first-order chi connectivity index (χ1) is 9.47. The summed E-state index contributed by atoms with van der Waals surface area (Å²) in [6.45, 7) is 7.77. The lowest BCUT2D eigenvalue weighted by molar-refractivity contribution is 0.158. The van der Waals surface area contributed by atoms with Crippen molar-refractivity contribution < 1.29 is 13.5 Å². The zero-order valence-corrected chi connectivity index (χ0v) is 13.9. The molecule has 0 aromatic carbocycles. The zero-order chi connectivity index (χ0) is 15.2. The molecule has 1 fully saturated rings. The SMILES string of the molecule is CCCCN(C(C)CC)S(=O)(=O)N1CCCC(CO)C1. The highest BCUT2D eigenvalue weighted by Gasteiger charge is 2.35. The van der Waals surface area contributed by atoms with Crippen molar-refractivity contribution in [1.29, 1.82) is 0 Å². The van der Waals surface area contributed by atoms with Gasteiger partial charge in [-0.25, -0.2) is 0 Å². The van der Waals surface area contributed by atoms with Crippen LogP contribution in [0.4, 0.5) is 0 Å². The van der Waals surface area contributed by atoms with E-state index in [1.54, 1.807) is 8.61 Å². The van der Waals surface area contributed by atoms with Crippen molar-refractivity contribution in [1.82, 2.24) is 8.61 Å². The Morgan fingerprint density at radius 3 is 2.65 bits per heavy atom. The van der Waals surface area contributed by atoms with Crippen LogP contribution in [0.1, 0.15) is 52.9 Å². The molecule has 5 nitrogen and oxygen atoms in total. The predicted octanol–water partition coefficient (Wildman–Crippen LogP) is 1.84. The minimum Gasteiger partial charge on any atom is -0.396 e. The van der Waals surface area contributed by atoms with Crippen LogP contribution in [-0.2, 0) is 10.2 Å². The van der Waals surface area contributed by atoms with E-state index in [4.69, 9.17) is 0 Å². The second kappa shape index (κ2) is 8.32. The molecule has 6 heteroatoms. The van der Waals surface area contributed by atoms with Crippen molar-refractivity contribution in [3.63, 3.8) is 0 Å². The van der Waals surface area contributed by atoms with Crippen LogP contribution in [0.25, 0.3) is 0 Å². The van der Waals surface area contributed by atoms with Crippen molar-refractivity contribution in [2.75, 3.05) is 26.2 Å². The maximum atomic E-state index is 12.8. The standard InChI is InChI=1S/C14H30N2O3S/c1-4-6-10-16(13(3)5-2)20(18,19)15-9-7-8-14(11-15)12-17/h13-14,17H,4-12H2,1-3H3. The highest BCUT2D eigenvalue weighted by molar-refractivity contribution is 7.86. The molecule has 120 valence electrons. The molecule has 0 aromatic rings. The quantitative estimate of drug-likeness (QED) is 0.744. The van der Waals surface area contributed by atoms with Crippen molar-refractivity contribution in [2.24, 2.45) is 5.92 Å². The van der Waals surface area contributed by atoms with Crippen LogP contribution in [0.2, 0.25) is 0 Å². The third-order valence-corrected chi connectivity index (χ3v) is 6.30. The van der Waals surface area contributed by atoms with E-state index in [1.807, 2.05) is 13.8 Å². The first-order valence-electron chi connectivity index (χ1n) is 7.85. The van der Waals surface area contributed by atoms with Gasteiger partial charge < -0.3 is 5.11 Å². The summed E-state index contributed by atoms with van der Waals surface area (Å²) in [4.78, 5) is 0. The summed E-state index contributed by atoms with van der Waals surface area (Å²) in [6.07, 6.45) is 4.45. The third kappa shape index (κ3) is 4.41. The summed E-state index contributed by atoms with van der Waals surface area (Å²) in [5, 5.41) is 9.27. The molecule has 1 rings (SSSR count). The van der Waals surface area contributed by atoms with E-state index in [0.717, 1.165) is 32.1 Å². The lowest BCUT2D eigenvalue weighted by atomic mass is 10.0. The van der Waals surface area contributed by atoms with Gasteiger partial charge in [0, 0.05) is 32.3 Å². The summed E-state index contributed by atoms with van der Waals surface area (Å²) in [6, 6.07) is 0.0288. The van der Waals surface area contributed by atoms with Crippen LogP contribution in [0.5, 0.6) is 0 Å². The Kier molecular flexibility index (Phi) is 7.43. The van der Waals surface area contributed by atoms with Crippen molar-refractivity contribution >= 4 is 10.2 Å². The molecule has 0 aliphatic carbocycles. The average Bonchev–Trinajstić information content (AvgIpc) is 2.47.